The van der Waals surface area contributed by atoms with E-state index in [9.17, 15) is 35.2 Å². The van der Waals surface area contributed by atoms with Crippen LogP contribution in [-0.2, 0) is 32.3 Å². The zero-order valence-corrected chi connectivity index (χ0v) is 24.7. The second-order valence-corrected chi connectivity index (χ2v) is 14.3. The summed E-state index contributed by atoms with van der Waals surface area (Å²) in [5.41, 5.74) is -2.57. The highest BCUT2D eigenvalue weighted by Gasteiger charge is 2.57. The van der Waals surface area contributed by atoms with Gasteiger partial charge in [0, 0.05) is 55.3 Å². The molecule has 0 bridgehead atoms. The fourth-order valence-electron chi connectivity index (χ4n) is 7.17. The first kappa shape index (κ1) is 30.7. The topological polar surface area (TPSA) is 69.7 Å². The van der Waals surface area contributed by atoms with Crippen molar-refractivity contribution in [2.75, 3.05) is 37.8 Å². The highest BCUT2D eigenvalue weighted by Crippen LogP contribution is 2.57. The summed E-state index contributed by atoms with van der Waals surface area (Å²) in [6, 6.07) is 9.95. The molecule has 1 aliphatic carbocycles. The number of amides is 1. The van der Waals surface area contributed by atoms with Gasteiger partial charge in [0.15, 0.2) is 0 Å². The van der Waals surface area contributed by atoms with Gasteiger partial charge in [-0.25, -0.2) is 21.5 Å². The summed E-state index contributed by atoms with van der Waals surface area (Å²) in [6.07, 6.45) is -1.35. The lowest BCUT2D eigenvalue weighted by atomic mass is 9.64. The van der Waals surface area contributed by atoms with E-state index in [1.54, 1.807) is 30.1 Å². The van der Waals surface area contributed by atoms with Crippen LogP contribution in [0.5, 0.6) is 0 Å². The normalized spacial score (nSPS) is 26.8. The fourth-order valence-corrected chi connectivity index (χ4v) is 8.05. The van der Waals surface area contributed by atoms with Gasteiger partial charge in [-0.1, -0.05) is 24.3 Å². The maximum Gasteiger partial charge on any atom is 0.426 e. The second-order valence-electron chi connectivity index (χ2n) is 12.3. The molecule has 2 aliphatic heterocycles. The number of benzene rings is 2. The van der Waals surface area contributed by atoms with Gasteiger partial charge in [-0.05, 0) is 74.3 Å². The Hall–Kier alpha value is -2.73. The lowest BCUT2D eigenvalue weighted by molar-refractivity contribution is -0.228. The number of alkyl halides is 4. The average Bonchev–Trinajstić information content (AvgIpc) is 3.28. The second kappa shape index (κ2) is 10.8. The lowest BCUT2D eigenvalue weighted by Crippen LogP contribution is -2.52. The van der Waals surface area contributed by atoms with Crippen LogP contribution in [0, 0.1) is 17.7 Å². The minimum Gasteiger partial charge on any atom is -0.374 e. The monoisotopic (exact) mass is 613 g/mol. The Morgan fingerprint density at radius 3 is 2.29 bits per heavy atom. The molecule has 0 radical (unpaired) electrons. The molecule has 2 heterocycles. The molecule has 4 atom stereocenters. The van der Waals surface area contributed by atoms with Gasteiger partial charge in [0.25, 0.3) is 0 Å². The molecule has 230 valence electrons. The van der Waals surface area contributed by atoms with Crippen LogP contribution in [0.25, 0.3) is 0 Å². The quantitative estimate of drug-likeness (QED) is 0.462. The first-order valence-electron chi connectivity index (χ1n) is 14.1. The van der Waals surface area contributed by atoms with Crippen molar-refractivity contribution in [2.24, 2.45) is 11.8 Å². The Morgan fingerprint density at radius 1 is 1.05 bits per heavy atom. The maximum atomic E-state index is 15.0. The van der Waals surface area contributed by atoms with E-state index in [-0.39, 0.29) is 23.7 Å². The van der Waals surface area contributed by atoms with Crippen LogP contribution in [0.3, 0.4) is 0 Å². The molecule has 2 aromatic carbocycles. The van der Waals surface area contributed by atoms with Crippen molar-refractivity contribution in [3.05, 3.63) is 65.0 Å². The number of nitrogens with zero attached hydrogens (tertiary/aromatic N) is 2. The molecule has 1 saturated heterocycles. The molecule has 3 aliphatic rings. The molecule has 5 rings (SSSR count). The number of carbonyl (C=O) groups is 1. The van der Waals surface area contributed by atoms with Crippen LogP contribution in [0.4, 0.5) is 27.6 Å². The third-order valence-electron chi connectivity index (χ3n) is 9.63. The maximum absolute atomic E-state index is 15.0. The highest BCUT2D eigenvalue weighted by molar-refractivity contribution is 7.88. The van der Waals surface area contributed by atoms with Crippen molar-refractivity contribution in [3.63, 3.8) is 0 Å². The number of sulfonamides is 1. The van der Waals surface area contributed by atoms with Crippen LogP contribution < -0.4 is 10.2 Å². The number of carbonyl (C=O) groups excluding carboxylic acids is 1. The minimum absolute atomic E-state index is 0.124. The smallest absolute Gasteiger partial charge is 0.374 e. The summed E-state index contributed by atoms with van der Waals surface area (Å²) in [4.78, 5) is 15.5. The standard InChI is InChI=1S/C30H36F5N3O3S/c1-28(32,30(33,34)35)20-6-9-24-26(16-20)37(2)18-25-23(10-13-29(24,25)17-19-4-7-21(31)8-5-19)27(39)36-22-11-14-38(15-12-22)42(3,40)41/h4-9,16,22-23,25H,10-15,17-18H2,1-3H3,(H,36,39)/t23-,25+,28?,29-/m1/s1. The molecule has 6 nitrogen and oxygen atoms in total. The number of nitrogens with one attached hydrogen (secondary N) is 1. The Kier molecular flexibility index (Phi) is 7.87. The van der Waals surface area contributed by atoms with Gasteiger partial charge in [0.1, 0.15) is 5.82 Å². The fraction of sp³-hybridized carbons (Fsp3) is 0.567. The summed E-state index contributed by atoms with van der Waals surface area (Å²) < 4.78 is 94.6. The summed E-state index contributed by atoms with van der Waals surface area (Å²) in [5.74, 6) is -1.11. The molecule has 1 saturated carbocycles. The first-order valence-corrected chi connectivity index (χ1v) is 16.0. The molecule has 42 heavy (non-hydrogen) atoms. The van der Waals surface area contributed by atoms with Crippen LogP contribution in [-0.4, -0.2) is 63.8 Å². The lowest BCUT2D eigenvalue weighted by Gasteiger charge is -2.47. The number of piperidine rings is 1. The van der Waals surface area contributed by atoms with Crippen molar-refractivity contribution in [2.45, 2.75) is 62.3 Å². The van der Waals surface area contributed by atoms with Crippen LogP contribution >= 0.6 is 0 Å². The van der Waals surface area contributed by atoms with E-state index >= 15 is 0 Å². The first-order chi connectivity index (χ1) is 19.5. The number of rotatable bonds is 6. The number of fused-ring (bicyclic) bond motifs is 3. The van der Waals surface area contributed by atoms with E-state index in [0.29, 0.717) is 64.3 Å². The summed E-state index contributed by atoms with van der Waals surface area (Å²) in [6.45, 7) is 1.55. The average molecular weight is 614 g/mol. The van der Waals surface area contributed by atoms with E-state index in [2.05, 4.69) is 5.32 Å². The van der Waals surface area contributed by atoms with Gasteiger partial charge in [-0.2, -0.15) is 13.2 Å². The van der Waals surface area contributed by atoms with Crippen molar-refractivity contribution in [3.8, 4) is 0 Å². The molecule has 2 aromatic rings. The minimum atomic E-state index is -5.09. The van der Waals surface area contributed by atoms with Crippen LogP contribution in [0.2, 0.25) is 0 Å². The summed E-state index contributed by atoms with van der Waals surface area (Å²) in [7, 11) is -1.56. The van der Waals surface area contributed by atoms with Gasteiger partial charge in [0.2, 0.25) is 21.6 Å². The molecule has 0 spiro atoms. The molecule has 0 aromatic heterocycles. The molecule has 12 heteroatoms. The largest absolute Gasteiger partial charge is 0.426 e. The predicted molar refractivity (Wildman–Crippen MR) is 150 cm³/mol. The van der Waals surface area contributed by atoms with Crippen LogP contribution in [0.1, 0.15) is 49.3 Å². The Balaban J connectivity index is 1.47. The van der Waals surface area contributed by atoms with Gasteiger partial charge in [-0.3, -0.25) is 4.79 Å². The Bertz CT molecular complexity index is 1440. The molecule has 1 unspecified atom stereocenters. The molecule has 1 amide bonds. The van der Waals surface area contributed by atoms with Crippen molar-refractivity contribution >= 4 is 21.6 Å². The number of halogens is 5. The van der Waals surface area contributed by atoms with Crippen molar-refractivity contribution < 1.29 is 35.2 Å². The van der Waals surface area contributed by atoms with Gasteiger partial charge in [0.05, 0.1) is 6.26 Å². The van der Waals surface area contributed by atoms with Gasteiger partial charge in [-0.15, -0.1) is 0 Å². The molecule has 2 fully saturated rings. The molecule has 1 N–H and O–H groups in total. The summed E-state index contributed by atoms with van der Waals surface area (Å²) >= 11 is 0. The molecular formula is C30H36F5N3O3S. The number of hydrogen-bond acceptors (Lipinski definition) is 4. The zero-order valence-electron chi connectivity index (χ0n) is 23.8. The summed E-state index contributed by atoms with van der Waals surface area (Å²) in [5, 5.41) is 3.14. The van der Waals surface area contributed by atoms with E-state index in [1.165, 1.54) is 34.8 Å². The van der Waals surface area contributed by atoms with Crippen molar-refractivity contribution in [1.29, 1.82) is 0 Å². The van der Waals surface area contributed by atoms with Crippen molar-refractivity contribution in [1.82, 2.24) is 9.62 Å². The highest BCUT2D eigenvalue weighted by atomic mass is 32.2. The van der Waals surface area contributed by atoms with Gasteiger partial charge < -0.3 is 10.2 Å². The molecular weight excluding hydrogens is 577 g/mol. The zero-order chi connectivity index (χ0) is 30.7. The van der Waals surface area contributed by atoms with Gasteiger partial charge >= 0.3 is 6.18 Å². The number of anilines is 1. The van der Waals surface area contributed by atoms with E-state index in [1.807, 2.05) is 0 Å². The van der Waals surface area contributed by atoms with E-state index < -0.39 is 38.8 Å². The third kappa shape index (κ3) is 5.52. The number of hydrogen-bond donors (Lipinski definition) is 1. The Morgan fingerprint density at radius 2 is 1.69 bits per heavy atom. The van der Waals surface area contributed by atoms with Crippen LogP contribution in [0.15, 0.2) is 42.5 Å². The SMILES string of the molecule is CN1C[C@H]2[C@H](C(=O)NC3CCN(S(C)(=O)=O)CC3)CC[C@@]2(Cc2ccc(F)cc2)c2ccc(C(C)(F)C(F)(F)F)cc21. The van der Waals surface area contributed by atoms with E-state index in [0.717, 1.165) is 11.1 Å². The van der Waals surface area contributed by atoms with E-state index in [4.69, 9.17) is 0 Å². The third-order valence-corrected chi connectivity index (χ3v) is 10.9. The predicted octanol–water partition coefficient (Wildman–Crippen LogP) is 5.07. The Labute approximate surface area is 243 Å².